The summed E-state index contributed by atoms with van der Waals surface area (Å²) in [6, 6.07) is -2.53. The second kappa shape index (κ2) is 7.10. The van der Waals surface area contributed by atoms with Gasteiger partial charge < -0.3 is 5.01 Å². The van der Waals surface area contributed by atoms with Crippen molar-refractivity contribution in [3.63, 3.8) is 0 Å². The molecule has 3 rings (SSSR count). The number of rotatable bonds is 2. The smallest absolute Gasteiger partial charge is 0.311 e. The van der Waals surface area contributed by atoms with Gasteiger partial charge >= 0.3 is 12.4 Å². The van der Waals surface area contributed by atoms with E-state index in [1.165, 1.54) is 0 Å². The summed E-state index contributed by atoms with van der Waals surface area (Å²) in [6.45, 7) is 0.148. The fraction of sp³-hybridized carbons (Fsp3) is 0.600. The summed E-state index contributed by atoms with van der Waals surface area (Å²) in [4.78, 5) is 23.6. The van der Waals surface area contributed by atoms with Gasteiger partial charge in [0.15, 0.2) is 0 Å². The summed E-state index contributed by atoms with van der Waals surface area (Å²) >= 11 is 4.81. The Hall–Kier alpha value is -2.47. The molecule has 1 aliphatic heterocycles. The van der Waals surface area contributed by atoms with E-state index in [1.54, 1.807) is 0 Å². The van der Waals surface area contributed by atoms with Crippen LogP contribution < -0.4 is 5.01 Å². The number of alkyl halides is 6. The number of aromatic nitrogens is 2. The molecule has 0 spiro atoms. The molecule has 0 saturated carbocycles. The van der Waals surface area contributed by atoms with E-state index in [9.17, 15) is 41.3 Å². The molecule has 158 valence electrons. The van der Waals surface area contributed by atoms with Gasteiger partial charge in [-0.2, -0.15) is 26.3 Å². The first-order valence-corrected chi connectivity index (χ1v) is 8.74. The van der Waals surface area contributed by atoms with Gasteiger partial charge in [0.1, 0.15) is 28.8 Å². The van der Waals surface area contributed by atoms with E-state index in [2.05, 4.69) is 4.98 Å². The van der Waals surface area contributed by atoms with E-state index in [4.69, 9.17) is 12.2 Å². The molecule has 1 aromatic rings. The molecule has 2 heterocycles. The first-order valence-electron chi connectivity index (χ1n) is 8.34. The number of piperidine rings is 1. The molecule has 0 amide bonds. The van der Waals surface area contributed by atoms with Crippen molar-refractivity contribution in [3.05, 3.63) is 32.9 Å². The van der Waals surface area contributed by atoms with Crippen LogP contribution in [0.15, 0.2) is 5.57 Å². The van der Waals surface area contributed by atoms with Crippen molar-refractivity contribution < 1.29 is 36.1 Å². The maximum absolute atomic E-state index is 13.6. The van der Waals surface area contributed by atoms with Crippen LogP contribution in [0.25, 0.3) is 0 Å². The van der Waals surface area contributed by atoms with Gasteiger partial charge in [0.25, 0.3) is 6.04 Å². The van der Waals surface area contributed by atoms with E-state index in [0.29, 0.717) is 23.9 Å². The third-order valence-corrected chi connectivity index (χ3v) is 5.20. The number of hydrogen-bond donors (Lipinski definition) is 0. The lowest BCUT2D eigenvalue weighted by molar-refractivity contribution is -0.520. The summed E-state index contributed by atoms with van der Waals surface area (Å²) in [5, 5.41) is 12.6. The molecule has 1 saturated heterocycles. The first kappa shape index (κ1) is 21.2. The molecule has 14 heteroatoms. The summed E-state index contributed by atoms with van der Waals surface area (Å²) in [5.74, 6) is -3.64. The van der Waals surface area contributed by atoms with E-state index < -0.39 is 56.9 Å². The number of hydrogen-bond acceptors (Lipinski definition) is 6. The average molecular weight is 442 g/mol. The SMILES string of the molecule is O=C=C1C([N+](=O)[O-])c2nc(C(F)(F)F)n(N3CCCCC3)c2C(=S)C1C(F)(F)F. The van der Waals surface area contributed by atoms with Crippen LogP contribution in [0.5, 0.6) is 0 Å². The second-order valence-electron chi connectivity index (χ2n) is 6.58. The summed E-state index contributed by atoms with van der Waals surface area (Å²) in [6.07, 6.45) is -8.70. The molecule has 0 N–H and O–H groups in total. The highest BCUT2D eigenvalue weighted by Crippen LogP contribution is 2.47. The molecule has 1 aromatic heterocycles. The Balaban J connectivity index is 2.36. The van der Waals surface area contributed by atoms with Gasteiger partial charge in [-0.05, 0) is 19.3 Å². The van der Waals surface area contributed by atoms with Gasteiger partial charge in [0.05, 0.1) is 4.86 Å². The molecule has 1 fully saturated rings. The fourth-order valence-corrected chi connectivity index (χ4v) is 4.07. The Labute approximate surface area is 164 Å². The largest absolute Gasteiger partial charge is 0.451 e. The second-order valence-corrected chi connectivity index (χ2v) is 7.02. The van der Waals surface area contributed by atoms with Crippen LogP contribution in [0.3, 0.4) is 0 Å². The molecule has 1 aliphatic carbocycles. The Bertz CT molecular complexity index is 912. The number of nitro groups is 1. The third-order valence-electron chi connectivity index (χ3n) is 4.77. The number of carbonyl (C=O) groups excluding carboxylic acids is 1. The maximum Gasteiger partial charge on any atom is 0.451 e. The number of imidazole rings is 1. The Morgan fingerprint density at radius 2 is 1.72 bits per heavy atom. The highest BCUT2D eigenvalue weighted by molar-refractivity contribution is 7.80. The fourth-order valence-electron chi connectivity index (χ4n) is 3.62. The quantitative estimate of drug-likeness (QED) is 0.230. The Morgan fingerprint density at radius 3 is 2.17 bits per heavy atom. The van der Waals surface area contributed by atoms with Gasteiger partial charge in [0.2, 0.25) is 5.82 Å². The highest BCUT2D eigenvalue weighted by atomic mass is 32.1. The van der Waals surface area contributed by atoms with Crippen molar-refractivity contribution in [1.82, 2.24) is 9.66 Å². The Kier molecular flexibility index (Phi) is 5.20. The molecule has 0 bridgehead atoms. The summed E-state index contributed by atoms with van der Waals surface area (Å²) < 4.78 is 82.1. The zero-order chi connectivity index (χ0) is 21.7. The summed E-state index contributed by atoms with van der Waals surface area (Å²) in [7, 11) is 0. The minimum Gasteiger partial charge on any atom is -0.311 e. The molecule has 0 radical (unpaired) electrons. The third kappa shape index (κ3) is 3.50. The number of fused-ring (bicyclic) bond motifs is 1. The lowest BCUT2D eigenvalue weighted by Gasteiger charge is -2.35. The van der Waals surface area contributed by atoms with E-state index in [0.717, 1.165) is 11.0 Å². The lowest BCUT2D eigenvalue weighted by Crippen LogP contribution is -2.46. The minimum atomic E-state index is -5.23. The van der Waals surface area contributed by atoms with Crippen molar-refractivity contribution in [3.8, 4) is 0 Å². The zero-order valence-electron chi connectivity index (χ0n) is 14.4. The van der Waals surface area contributed by atoms with Crippen molar-refractivity contribution in [2.24, 2.45) is 5.92 Å². The van der Waals surface area contributed by atoms with Crippen LogP contribution in [0.1, 0.15) is 42.5 Å². The van der Waals surface area contributed by atoms with Crippen LogP contribution >= 0.6 is 12.2 Å². The van der Waals surface area contributed by atoms with Gasteiger partial charge in [-0.15, -0.1) is 0 Å². The van der Waals surface area contributed by atoms with Gasteiger partial charge in [-0.25, -0.2) is 14.5 Å². The van der Waals surface area contributed by atoms with E-state index >= 15 is 0 Å². The van der Waals surface area contributed by atoms with Crippen LogP contribution in [0.2, 0.25) is 0 Å². The number of halogens is 6. The standard InChI is InChI=1S/C15H12F6N4O3S/c16-14(17,18)8-7(6-26)10(25(27)28)9-11(12(8)29)24(13(22-9)15(19,20)21)23-4-2-1-3-5-23/h8,10H,1-5H2. The van der Waals surface area contributed by atoms with E-state index in [1.807, 2.05) is 0 Å². The summed E-state index contributed by atoms with van der Waals surface area (Å²) in [5.41, 5.74) is -3.15. The van der Waals surface area contributed by atoms with Crippen molar-refractivity contribution in [1.29, 1.82) is 0 Å². The topological polar surface area (TPSA) is 81.3 Å². The lowest BCUT2D eigenvalue weighted by atomic mass is 9.81. The zero-order valence-corrected chi connectivity index (χ0v) is 15.2. The molecule has 2 aliphatic rings. The van der Waals surface area contributed by atoms with Crippen LogP contribution in [-0.4, -0.2) is 44.7 Å². The first-order chi connectivity index (χ1) is 13.4. The Morgan fingerprint density at radius 1 is 1.14 bits per heavy atom. The predicted molar refractivity (Wildman–Crippen MR) is 89.2 cm³/mol. The van der Waals surface area contributed by atoms with Gasteiger partial charge in [0, 0.05) is 18.0 Å². The maximum atomic E-state index is 13.6. The molecule has 2 unspecified atom stereocenters. The molecule has 29 heavy (non-hydrogen) atoms. The molecular weight excluding hydrogens is 430 g/mol. The van der Waals surface area contributed by atoms with Gasteiger partial charge in [-0.1, -0.05) is 12.2 Å². The van der Waals surface area contributed by atoms with Crippen molar-refractivity contribution >= 4 is 23.0 Å². The average Bonchev–Trinajstić information content (AvgIpc) is 3.01. The molecule has 2 atom stereocenters. The van der Waals surface area contributed by atoms with E-state index in [-0.39, 0.29) is 13.1 Å². The van der Waals surface area contributed by atoms with Crippen molar-refractivity contribution in [2.75, 3.05) is 18.1 Å². The number of nitrogens with zero attached hydrogens (tertiary/aromatic N) is 4. The highest BCUT2D eigenvalue weighted by Gasteiger charge is 2.59. The molecular formula is C15H12F6N4O3S. The van der Waals surface area contributed by atoms with Crippen LogP contribution in [-0.2, 0) is 11.0 Å². The normalized spacial score (nSPS) is 23.0. The van der Waals surface area contributed by atoms with Crippen LogP contribution in [0, 0.1) is 16.0 Å². The van der Waals surface area contributed by atoms with Crippen molar-refractivity contribution in [2.45, 2.75) is 37.7 Å². The molecule has 7 nitrogen and oxygen atoms in total. The monoisotopic (exact) mass is 442 g/mol. The number of thiocarbonyl (C=S) groups is 1. The molecule has 0 aromatic carbocycles. The van der Waals surface area contributed by atoms with Gasteiger partial charge in [-0.3, -0.25) is 10.1 Å². The van der Waals surface area contributed by atoms with Crippen LogP contribution in [0.4, 0.5) is 26.3 Å². The minimum absolute atomic E-state index is 0.0741. The predicted octanol–water partition coefficient (Wildman–Crippen LogP) is 3.01.